The van der Waals surface area contributed by atoms with Gasteiger partial charge in [-0.05, 0) is 6.08 Å². The Morgan fingerprint density at radius 1 is 1.43 bits per heavy atom. The first kappa shape index (κ1) is 8.40. The zero-order valence-corrected chi connectivity index (χ0v) is 7.61. The fourth-order valence-corrected chi connectivity index (χ4v) is 1.98. The number of epoxide rings is 1. The van der Waals surface area contributed by atoms with E-state index in [1.165, 1.54) is 0 Å². The predicted octanol–water partition coefficient (Wildman–Crippen LogP) is -0.671. The summed E-state index contributed by atoms with van der Waals surface area (Å²) in [5.74, 6) is 0. The van der Waals surface area contributed by atoms with Crippen molar-refractivity contribution in [2.45, 2.75) is 24.5 Å². The number of allylic oxidation sites excluding steroid dienone is 1. The van der Waals surface area contributed by atoms with Gasteiger partial charge in [0.2, 0.25) is 0 Å². The molecule has 5 nitrogen and oxygen atoms in total. The molecule has 0 unspecified atom stereocenters. The van der Waals surface area contributed by atoms with Crippen molar-refractivity contribution in [3.8, 4) is 0 Å². The molecule has 1 N–H and O–H groups in total. The molecule has 0 bridgehead atoms. The lowest BCUT2D eigenvalue weighted by atomic mass is 10.2. The number of ether oxygens (including phenoxy) is 2. The zero-order chi connectivity index (χ0) is 9.54. The summed E-state index contributed by atoms with van der Waals surface area (Å²) in [5.41, 5.74) is 0. The highest BCUT2D eigenvalue weighted by molar-refractivity contribution is 5.71. The van der Waals surface area contributed by atoms with Crippen molar-refractivity contribution in [3.05, 3.63) is 12.3 Å². The van der Waals surface area contributed by atoms with Crippen LogP contribution >= 0.6 is 0 Å². The topological polar surface area (TPSA) is 57.6 Å². The second-order valence-corrected chi connectivity index (χ2v) is 3.64. The van der Waals surface area contributed by atoms with Crippen LogP contribution in [-0.2, 0) is 9.47 Å². The van der Waals surface area contributed by atoms with Gasteiger partial charge in [0.05, 0.1) is 6.61 Å². The van der Waals surface area contributed by atoms with E-state index in [4.69, 9.17) is 14.6 Å². The van der Waals surface area contributed by atoms with Crippen LogP contribution in [0, 0.1) is 0 Å². The second kappa shape index (κ2) is 3.05. The largest absolute Gasteiger partial charge is 0.394 e. The number of hydrogen-bond donors (Lipinski definition) is 1. The number of aliphatic hydroxyl groups excluding tert-OH is 1. The van der Waals surface area contributed by atoms with Gasteiger partial charge in [-0.1, -0.05) is 0 Å². The summed E-state index contributed by atoms with van der Waals surface area (Å²) in [6, 6.07) is 0. The molecule has 0 saturated carbocycles. The Hall–Kier alpha value is -0.910. The summed E-state index contributed by atoms with van der Waals surface area (Å²) < 4.78 is 11.0. The lowest BCUT2D eigenvalue weighted by Gasteiger charge is -2.28. The molecule has 0 aromatic rings. The van der Waals surface area contributed by atoms with Crippen molar-refractivity contribution < 1.29 is 14.6 Å². The Bertz CT molecular complexity index is 292. The van der Waals surface area contributed by atoms with Crippen molar-refractivity contribution >= 4 is 6.21 Å². The fourth-order valence-electron chi connectivity index (χ4n) is 1.98. The molecule has 2 fully saturated rings. The van der Waals surface area contributed by atoms with Crippen molar-refractivity contribution in [3.63, 3.8) is 0 Å². The molecule has 4 atom stereocenters. The molecule has 0 radical (unpaired) electrons. The molecule has 0 amide bonds. The third-order valence-corrected chi connectivity index (χ3v) is 2.74. The molecule has 2 saturated heterocycles. The van der Waals surface area contributed by atoms with Crippen LogP contribution < -0.4 is 0 Å². The number of rotatable bonds is 2. The average molecular weight is 196 g/mol. The summed E-state index contributed by atoms with van der Waals surface area (Å²) in [4.78, 5) is 6.11. The van der Waals surface area contributed by atoms with Gasteiger partial charge in [0.1, 0.15) is 25.0 Å². The standard InChI is InChI=1S/C9H12N2O3/c12-4-6-7-8(14-7)9(13-6)11-3-1-2-10-5-11/h1-3,6-9,12H,4-5H2/t6-,7-,8-,9-/m1/s1. The summed E-state index contributed by atoms with van der Waals surface area (Å²) >= 11 is 0. The van der Waals surface area contributed by atoms with Gasteiger partial charge in [0.15, 0.2) is 6.23 Å². The van der Waals surface area contributed by atoms with Gasteiger partial charge in [-0.2, -0.15) is 0 Å². The van der Waals surface area contributed by atoms with Crippen LogP contribution in [0.25, 0.3) is 0 Å². The normalized spacial score (nSPS) is 44.2. The zero-order valence-electron chi connectivity index (χ0n) is 7.61. The van der Waals surface area contributed by atoms with Crippen LogP contribution in [0.4, 0.5) is 0 Å². The second-order valence-electron chi connectivity index (χ2n) is 3.64. The maximum Gasteiger partial charge on any atom is 0.160 e. The molecular formula is C9H12N2O3. The maximum atomic E-state index is 9.01. The van der Waals surface area contributed by atoms with Crippen LogP contribution in [-0.4, -0.2) is 54.0 Å². The number of nitrogens with zero attached hydrogens (tertiary/aromatic N) is 2. The van der Waals surface area contributed by atoms with E-state index in [1.807, 2.05) is 17.2 Å². The smallest absolute Gasteiger partial charge is 0.160 e. The molecule has 3 rings (SSSR count). The van der Waals surface area contributed by atoms with Crippen molar-refractivity contribution in [2.24, 2.45) is 4.99 Å². The van der Waals surface area contributed by atoms with Crippen LogP contribution in [0.15, 0.2) is 17.3 Å². The van der Waals surface area contributed by atoms with Gasteiger partial charge < -0.3 is 19.5 Å². The number of aliphatic imine (C=N–C) groups is 1. The Kier molecular flexibility index (Phi) is 1.83. The van der Waals surface area contributed by atoms with E-state index in [0.717, 1.165) is 0 Å². The molecule has 3 heterocycles. The Balaban J connectivity index is 1.69. The summed E-state index contributed by atoms with van der Waals surface area (Å²) in [6.07, 6.45) is 5.54. The van der Waals surface area contributed by atoms with Crippen LogP contribution in [0.1, 0.15) is 0 Å². The van der Waals surface area contributed by atoms with Gasteiger partial charge in [0, 0.05) is 12.4 Å². The van der Waals surface area contributed by atoms with Crippen LogP contribution in [0.5, 0.6) is 0 Å². The highest BCUT2D eigenvalue weighted by Crippen LogP contribution is 2.40. The average Bonchev–Trinajstić information content (AvgIpc) is 2.95. The molecular weight excluding hydrogens is 184 g/mol. The fraction of sp³-hybridized carbons (Fsp3) is 0.667. The van der Waals surface area contributed by atoms with E-state index in [1.54, 1.807) is 6.21 Å². The molecule has 0 spiro atoms. The molecule has 76 valence electrons. The minimum absolute atomic E-state index is 0.0263. The lowest BCUT2D eigenvalue weighted by molar-refractivity contribution is -0.104. The minimum atomic E-state index is -0.163. The van der Waals surface area contributed by atoms with Gasteiger partial charge in [-0.15, -0.1) is 0 Å². The lowest BCUT2D eigenvalue weighted by Crippen LogP contribution is -2.37. The predicted molar refractivity (Wildman–Crippen MR) is 48.7 cm³/mol. The third-order valence-electron chi connectivity index (χ3n) is 2.74. The Morgan fingerprint density at radius 3 is 3.00 bits per heavy atom. The van der Waals surface area contributed by atoms with E-state index in [-0.39, 0.29) is 31.1 Å². The highest BCUT2D eigenvalue weighted by atomic mass is 16.7. The van der Waals surface area contributed by atoms with Gasteiger partial charge in [0.25, 0.3) is 0 Å². The van der Waals surface area contributed by atoms with Gasteiger partial charge in [-0.25, -0.2) is 0 Å². The summed E-state index contributed by atoms with van der Waals surface area (Å²) in [6.45, 7) is 0.629. The monoisotopic (exact) mass is 196 g/mol. The van der Waals surface area contributed by atoms with E-state index >= 15 is 0 Å². The van der Waals surface area contributed by atoms with E-state index in [9.17, 15) is 0 Å². The van der Waals surface area contributed by atoms with E-state index in [2.05, 4.69) is 4.99 Å². The molecule has 14 heavy (non-hydrogen) atoms. The SMILES string of the molecule is OC[C@H]1O[C@@H](N2C=CC=NC2)[C@@H]2O[C@@H]21. The third kappa shape index (κ3) is 1.17. The van der Waals surface area contributed by atoms with E-state index in [0.29, 0.717) is 6.67 Å². The summed E-state index contributed by atoms with van der Waals surface area (Å²) in [5, 5.41) is 9.01. The van der Waals surface area contributed by atoms with Gasteiger partial charge >= 0.3 is 0 Å². The first-order valence-corrected chi connectivity index (χ1v) is 4.74. The number of aliphatic hydroxyl groups is 1. The quantitative estimate of drug-likeness (QED) is 0.595. The number of hydrogen-bond acceptors (Lipinski definition) is 5. The molecule has 3 aliphatic heterocycles. The minimum Gasteiger partial charge on any atom is -0.394 e. The first-order valence-electron chi connectivity index (χ1n) is 4.74. The molecule has 0 aromatic carbocycles. The van der Waals surface area contributed by atoms with Crippen LogP contribution in [0.2, 0.25) is 0 Å². The molecule has 5 heteroatoms. The van der Waals surface area contributed by atoms with Crippen LogP contribution in [0.3, 0.4) is 0 Å². The van der Waals surface area contributed by atoms with Crippen molar-refractivity contribution in [2.75, 3.05) is 13.3 Å². The van der Waals surface area contributed by atoms with E-state index < -0.39 is 0 Å². The van der Waals surface area contributed by atoms with Crippen molar-refractivity contribution in [1.82, 2.24) is 4.90 Å². The molecule has 3 aliphatic rings. The van der Waals surface area contributed by atoms with Gasteiger partial charge in [-0.3, -0.25) is 4.99 Å². The molecule has 0 aliphatic carbocycles. The molecule has 0 aromatic heterocycles. The highest BCUT2D eigenvalue weighted by Gasteiger charge is 2.59. The Morgan fingerprint density at radius 2 is 2.36 bits per heavy atom. The first-order chi connectivity index (χ1) is 6.90. The summed E-state index contributed by atoms with van der Waals surface area (Å²) in [7, 11) is 0. The Labute approximate surface area is 81.6 Å². The number of fused-ring (bicyclic) bond motifs is 1. The maximum absolute atomic E-state index is 9.01. The van der Waals surface area contributed by atoms with Crippen molar-refractivity contribution in [1.29, 1.82) is 0 Å².